The molecule has 0 aromatic heterocycles. The normalized spacial score (nSPS) is 23.2. The van der Waals surface area contributed by atoms with Crippen molar-refractivity contribution in [2.75, 3.05) is 11.9 Å². The van der Waals surface area contributed by atoms with Crippen LogP contribution in [0.1, 0.15) is 47.5 Å². The maximum atomic E-state index is 13.5. The first-order chi connectivity index (χ1) is 13.1. The summed E-state index contributed by atoms with van der Waals surface area (Å²) in [4.78, 5) is 41.0. The molecular weight excluding hydrogens is 338 g/mol. The smallest absolute Gasteiger partial charge is 0.235 e. The topological polar surface area (TPSA) is 54.5 Å². The third-order valence-corrected chi connectivity index (χ3v) is 5.99. The predicted octanol–water partition coefficient (Wildman–Crippen LogP) is 4.01. The van der Waals surface area contributed by atoms with E-state index in [0.717, 1.165) is 24.1 Å². The molecule has 138 valence electrons. The van der Waals surface area contributed by atoms with Gasteiger partial charge in [-0.3, -0.25) is 14.4 Å². The van der Waals surface area contributed by atoms with E-state index in [1.165, 1.54) is 0 Å². The largest absolute Gasteiger partial charge is 0.315 e. The molecule has 4 nitrogen and oxygen atoms in total. The van der Waals surface area contributed by atoms with Gasteiger partial charge in [-0.1, -0.05) is 55.0 Å². The molecule has 0 radical (unpaired) electrons. The summed E-state index contributed by atoms with van der Waals surface area (Å²) in [5.74, 6) is -1.69. The van der Waals surface area contributed by atoms with Crippen LogP contribution in [0.5, 0.6) is 0 Å². The minimum absolute atomic E-state index is 0.0937. The lowest BCUT2D eigenvalue weighted by molar-refractivity contribution is -0.127. The van der Waals surface area contributed by atoms with E-state index in [4.69, 9.17) is 0 Å². The maximum Gasteiger partial charge on any atom is 0.235 e. The maximum absolute atomic E-state index is 13.5. The summed E-state index contributed by atoms with van der Waals surface area (Å²) in [6, 6.07) is 16.7. The van der Waals surface area contributed by atoms with Crippen LogP contribution in [0.2, 0.25) is 0 Å². The van der Waals surface area contributed by atoms with Gasteiger partial charge in [0.2, 0.25) is 5.91 Å². The molecule has 3 atom stereocenters. The average Bonchev–Trinajstić information content (AvgIpc) is 2.96. The van der Waals surface area contributed by atoms with Gasteiger partial charge in [0.1, 0.15) is 5.78 Å². The second-order valence-corrected chi connectivity index (χ2v) is 7.51. The van der Waals surface area contributed by atoms with Gasteiger partial charge in [0.15, 0.2) is 5.78 Å². The highest BCUT2D eigenvalue weighted by Gasteiger charge is 2.48. The summed E-state index contributed by atoms with van der Waals surface area (Å²) in [6.07, 6.45) is 2.98. The first-order valence-electron chi connectivity index (χ1n) is 9.58. The van der Waals surface area contributed by atoms with Crippen molar-refractivity contribution in [3.05, 3.63) is 65.7 Å². The van der Waals surface area contributed by atoms with Crippen LogP contribution in [0.25, 0.3) is 0 Å². The Morgan fingerprint density at radius 3 is 2.44 bits per heavy atom. The highest BCUT2D eigenvalue weighted by molar-refractivity contribution is 6.11. The zero-order valence-electron chi connectivity index (χ0n) is 15.4. The lowest BCUT2D eigenvalue weighted by Gasteiger charge is -2.31. The van der Waals surface area contributed by atoms with Gasteiger partial charge in [-0.2, -0.15) is 0 Å². The zero-order valence-corrected chi connectivity index (χ0v) is 15.4. The molecule has 2 aliphatic rings. The van der Waals surface area contributed by atoms with E-state index in [1.807, 2.05) is 42.5 Å². The fourth-order valence-corrected chi connectivity index (χ4v) is 4.61. The molecule has 4 heteroatoms. The van der Waals surface area contributed by atoms with Crippen molar-refractivity contribution in [3.8, 4) is 0 Å². The summed E-state index contributed by atoms with van der Waals surface area (Å²) in [6.45, 7) is 0. The Bertz CT molecular complexity index is 890. The van der Waals surface area contributed by atoms with Crippen LogP contribution in [0, 0.1) is 11.8 Å². The van der Waals surface area contributed by atoms with Crippen LogP contribution in [-0.4, -0.2) is 24.5 Å². The van der Waals surface area contributed by atoms with Crippen molar-refractivity contribution in [2.45, 2.75) is 31.6 Å². The van der Waals surface area contributed by atoms with Crippen molar-refractivity contribution in [3.63, 3.8) is 0 Å². The highest BCUT2D eigenvalue weighted by atomic mass is 16.2. The molecule has 0 saturated heterocycles. The van der Waals surface area contributed by atoms with Gasteiger partial charge in [0, 0.05) is 36.6 Å². The molecule has 27 heavy (non-hydrogen) atoms. The number of benzene rings is 2. The SMILES string of the molecule is CN1C(=O)[C@@H]([C@H](C(=O)c2ccccc2)[C@H]2CCCCC2=O)c2ccccc21. The van der Waals surface area contributed by atoms with E-state index in [-0.39, 0.29) is 23.4 Å². The number of para-hydroxylation sites is 1. The van der Waals surface area contributed by atoms with Crippen molar-refractivity contribution >= 4 is 23.2 Å². The molecule has 0 N–H and O–H groups in total. The van der Waals surface area contributed by atoms with Gasteiger partial charge in [-0.05, 0) is 24.5 Å². The van der Waals surface area contributed by atoms with E-state index in [0.29, 0.717) is 18.4 Å². The quantitative estimate of drug-likeness (QED) is 0.773. The Morgan fingerprint density at radius 1 is 1.00 bits per heavy atom. The minimum atomic E-state index is -0.640. The molecular formula is C23H23NO3. The van der Waals surface area contributed by atoms with Gasteiger partial charge in [-0.15, -0.1) is 0 Å². The number of ketones is 2. The minimum Gasteiger partial charge on any atom is -0.315 e. The Hall–Kier alpha value is -2.75. The van der Waals surface area contributed by atoms with Crippen molar-refractivity contribution in [1.82, 2.24) is 0 Å². The zero-order chi connectivity index (χ0) is 19.0. The standard InChI is InChI=1S/C23H23NO3/c1-24-18-13-7-5-11-16(18)21(23(24)27)20(17-12-6-8-14-19(17)25)22(26)15-9-3-2-4-10-15/h2-5,7,9-11,13,17,20-21H,6,8,12,14H2,1H3/t17-,20+,21+/m0/s1. The second kappa shape index (κ2) is 7.10. The van der Waals surface area contributed by atoms with Crippen LogP contribution >= 0.6 is 0 Å². The van der Waals surface area contributed by atoms with Gasteiger partial charge < -0.3 is 4.90 Å². The summed E-state index contributed by atoms with van der Waals surface area (Å²) < 4.78 is 0. The first-order valence-corrected chi connectivity index (χ1v) is 9.58. The summed E-state index contributed by atoms with van der Waals surface area (Å²) in [5, 5.41) is 0. The van der Waals surface area contributed by atoms with Crippen LogP contribution in [0.15, 0.2) is 54.6 Å². The Kier molecular flexibility index (Phi) is 4.65. The molecule has 2 aromatic carbocycles. The Labute approximate surface area is 159 Å². The fraction of sp³-hybridized carbons (Fsp3) is 0.348. The van der Waals surface area contributed by atoms with Crippen molar-refractivity contribution in [2.24, 2.45) is 11.8 Å². The number of hydrogen-bond donors (Lipinski definition) is 0. The lowest BCUT2D eigenvalue weighted by Crippen LogP contribution is -2.40. The summed E-state index contributed by atoms with van der Waals surface area (Å²) >= 11 is 0. The number of hydrogen-bond acceptors (Lipinski definition) is 3. The molecule has 1 amide bonds. The molecule has 0 unspecified atom stereocenters. The number of anilines is 1. The van der Waals surface area contributed by atoms with Crippen LogP contribution in [0.3, 0.4) is 0 Å². The van der Waals surface area contributed by atoms with Crippen LogP contribution < -0.4 is 4.90 Å². The monoisotopic (exact) mass is 361 g/mol. The highest BCUT2D eigenvalue weighted by Crippen LogP contribution is 2.46. The Morgan fingerprint density at radius 2 is 1.70 bits per heavy atom. The van der Waals surface area contributed by atoms with Gasteiger partial charge in [0.25, 0.3) is 0 Å². The lowest BCUT2D eigenvalue weighted by atomic mass is 9.69. The van der Waals surface area contributed by atoms with E-state index in [2.05, 4.69) is 0 Å². The van der Waals surface area contributed by atoms with Gasteiger partial charge in [-0.25, -0.2) is 0 Å². The number of carbonyl (C=O) groups excluding carboxylic acids is 3. The molecule has 1 fully saturated rings. The van der Waals surface area contributed by atoms with E-state index < -0.39 is 11.8 Å². The van der Waals surface area contributed by atoms with Crippen LogP contribution in [0.4, 0.5) is 5.69 Å². The molecule has 2 aromatic rings. The molecule has 1 saturated carbocycles. The molecule has 1 aliphatic heterocycles. The summed E-state index contributed by atoms with van der Waals surface area (Å²) in [5.41, 5.74) is 2.26. The fourth-order valence-electron chi connectivity index (χ4n) is 4.61. The molecule has 4 rings (SSSR count). The van der Waals surface area contributed by atoms with Gasteiger partial charge in [0.05, 0.1) is 5.92 Å². The molecule has 1 aliphatic carbocycles. The number of rotatable bonds is 4. The number of carbonyl (C=O) groups is 3. The molecule has 1 heterocycles. The van der Waals surface area contributed by atoms with Crippen molar-refractivity contribution < 1.29 is 14.4 Å². The van der Waals surface area contributed by atoms with Crippen LogP contribution in [-0.2, 0) is 9.59 Å². The number of amides is 1. The average molecular weight is 361 g/mol. The van der Waals surface area contributed by atoms with E-state index >= 15 is 0 Å². The number of Topliss-reactive ketones (excluding diaryl/α,β-unsaturated/α-hetero) is 2. The van der Waals surface area contributed by atoms with Gasteiger partial charge >= 0.3 is 0 Å². The number of likely N-dealkylation sites (N-methyl/N-ethyl adjacent to an activating group) is 1. The second-order valence-electron chi connectivity index (χ2n) is 7.51. The first kappa shape index (κ1) is 17.7. The van der Waals surface area contributed by atoms with E-state index in [1.54, 1.807) is 24.1 Å². The molecule has 0 bridgehead atoms. The third-order valence-electron chi connectivity index (χ3n) is 5.99. The number of fused-ring (bicyclic) bond motifs is 1. The van der Waals surface area contributed by atoms with Crippen molar-refractivity contribution in [1.29, 1.82) is 0 Å². The third kappa shape index (κ3) is 2.99. The predicted molar refractivity (Wildman–Crippen MR) is 104 cm³/mol. The Balaban J connectivity index is 1.82. The van der Waals surface area contributed by atoms with E-state index in [9.17, 15) is 14.4 Å². The number of nitrogens with zero attached hydrogens (tertiary/aromatic N) is 1. The molecule has 0 spiro atoms. The summed E-state index contributed by atoms with van der Waals surface area (Å²) in [7, 11) is 1.74.